The Balaban J connectivity index is 1.61. The van der Waals surface area contributed by atoms with Gasteiger partial charge in [-0.1, -0.05) is 30.3 Å². The average molecular weight is 440 g/mol. The smallest absolute Gasteiger partial charge is 0.278 e. The first kappa shape index (κ1) is 19.8. The van der Waals surface area contributed by atoms with Gasteiger partial charge in [0, 0.05) is 46.7 Å². The van der Waals surface area contributed by atoms with E-state index in [1.807, 2.05) is 34.9 Å². The van der Waals surface area contributed by atoms with Crippen LogP contribution < -0.4 is 0 Å². The molecule has 156 valence electrons. The molecule has 32 heavy (non-hydrogen) atoms. The molecule has 8 nitrogen and oxygen atoms in total. The molecule has 0 atom stereocenters. The van der Waals surface area contributed by atoms with Crippen LogP contribution in [0.5, 0.6) is 0 Å². The third-order valence-electron chi connectivity index (χ3n) is 4.99. The number of hydrogen-bond acceptors (Lipinski definition) is 7. The second kappa shape index (κ2) is 8.56. The van der Waals surface area contributed by atoms with Crippen molar-refractivity contribution in [1.29, 1.82) is 0 Å². The fourth-order valence-corrected chi connectivity index (χ4v) is 4.45. The highest BCUT2D eigenvalue weighted by Gasteiger charge is 2.19. The van der Waals surface area contributed by atoms with Crippen LogP contribution in [-0.2, 0) is 6.54 Å². The van der Waals surface area contributed by atoms with Crippen molar-refractivity contribution >= 4 is 28.2 Å². The molecule has 3 heterocycles. The van der Waals surface area contributed by atoms with Gasteiger partial charge >= 0.3 is 0 Å². The van der Waals surface area contributed by atoms with Gasteiger partial charge in [-0.15, -0.1) is 10.2 Å². The zero-order valence-corrected chi connectivity index (χ0v) is 17.5. The first-order chi connectivity index (χ1) is 15.7. The number of pyridine rings is 2. The molecule has 3 aromatic heterocycles. The minimum atomic E-state index is -0.391. The molecule has 0 aliphatic carbocycles. The average Bonchev–Trinajstić information content (AvgIpc) is 3.22. The zero-order valence-electron chi connectivity index (χ0n) is 16.7. The van der Waals surface area contributed by atoms with E-state index >= 15 is 0 Å². The number of fused-ring (bicyclic) bond motifs is 1. The van der Waals surface area contributed by atoms with Gasteiger partial charge in [0.05, 0.1) is 16.9 Å². The van der Waals surface area contributed by atoms with Gasteiger partial charge in [-0.05, 0) is 41.6 Å². The Labute approximate surface area is 187 Å². The molecule has 0 saturated heterocycles. The van der Waals surface area contributed by atoms with E-state index in [4.69, 9.17) is 0 Å². The molecule has 0 saturated carbocycles. The van der Waals surface area contributed by atoms with Crippen LogP contribution in [0.4, 0.5) is 5.69 Å². The van der Waals surface area contributed by atoms with Crippen LogP contribution in [0, 0.1) is 10.1 Å². The van der Waals surface area contributed by atoms with E-state index < -0.39 is 4.92 Å². The van der Waals surface area contributed by atoms with Gasteiger partial charge in [0.15, 0.2) is 11.0 Å². The summed E-state index contributed by atoms with van der Waals surface area (Å²) in [6.45, 7) is 0.584. The van der Waals surface area contributed by atoms with Gasteiger partial charge in [-0.2, -0.15) is 0 Å². The summed E-state index contributed by atoms with van der Waals surface area (Å²) in [5, 5.41) is 22.3. The van der Waals surface area contributed by atoms with Crippen LogP contribution in [-0.4, -0.2) is 29.7 Å². The Hall–Kier alpha value is -4.11. The summed E-state index contributed by atoms with van der Waals surface area (Å²) in [6, 6.07) is 18.9. The molecular weight excluding hydrogens is 424 g/mol. The molecule has 0 N–H and O–H groups in total. The van der Waals surface area contributed by atoms with Crippen molar-refractivity contribution in [3.8, 4) is 11.4 Å². The largest absolute Gasteiger partial charge is 0.297 e. The Morgan fingerprint density at radius 3 is 2.44 bits per heavy atom. The van der Waals surface area contributed by atoms with Gasteiger partial charge in [0.2, 0.25) is 0 Å². The number of aromatic nitrogens is 5. The zero-order chi connectivity index (χ0) is 21.9. The van der Waals surface area contributed by atoms with Crippen LogP contribution in [0.25, 0.3) is 22.2 Å². The highest BCUT2D eigenvalue weighted by molar-refractivity contribution is 7.99. The first-order valence-corrected chi connectivity index (χ1v) is 10.6. The Morgan fingerprint density at radius 2 is 1.66 bits per heavy atom. The lowest BCUT2D eigenvalue weighted by Gasteiger charge is -2.11. The molecule has 0 aliphatic heterocycles. The summed E-state index contributed by atoms with van der Waals surface area (Å²) >= 11 is 1.42. The molecule has 0 bridgehead atoms. The second-order valence-corrected chi connectivity index (χ2v) is 7.99. The number of rotatable bonds is 6. The topological polar surface area (TPSA) is 99.6 Å². The molecule has 2 aromatic carbocycles. The quantitative estimate of drug-likeness (QED) is 0.271. The Kier molecular flexibility index (Phi) is 5.30. The maximum atomic E-state index is 11.4. The Morgan fingerprint density at radius 1 is 0.875 bits per heavy atom. The van der Waals surface area contributed by atoms with Crippen molar-refractivity contribution in [2.75, 3.05) is 0 Å². The van der Waals surface area contributed by atoms with Crippen LogP contribution in [0.2, 0.25) is 0 Å². The molecule has 5 rings (SSSR count). The van der Waals surface area contributed by atoms with E-state index in [9.17, 15) is 10.1 Å². The van der Waals surface area contributed by atoms with Gasteiger partial charge < -0.3 is 0 Å². The number of hydrogen-bond donors (Lipinski definition) is 0. The third kappa shape index (κ3) is 3.81. The molecule has 5 aromatic rings. The molecule has 0 unspecified atom stereocenters. The van der Waals surface area contributed by atoms with E-state index in [2.05, 4.69) is 32.3 Å². The van der Waals surface area contributed by atoms with Crippen LogP contribution in [0.1, 0.15) is 5.56 Å². The molecule has 0 amide bonds. The van der Waals surface area contributed by atoms with E-state index in [1.54, 1.807) is 30.7 Å². The standard InChI is InChI=1S/C23H16N6O2S/c30-29(31)20-6-7-21(18-10-13-25-14-19(18)20)32-23-27-26-22(17-8-11-24-12-9-17)28(23)15-16-4-2-1-3-5-16/h1-14H,15H2. The second-order valence-electron chi connectivity index (χ2n) is 6.98. The lowest BCUT2D eigenvalue weighted by Crippen LogP contribution is -2.04. The van der Waals surface area contributed by atoms with E-state index in [-0.39, 0.29) is 5.69 Å². The van der Waals surface area contributed by atoms with Crippen LogP contribution >= 0.6 is 11.8 Å². The molecular formula is C23H16N6O2S. The number of nitro groups is 1. The lowest BCUT2D eigenvalue weighted by molar-refractivity contribution is -0.383. The summed E-state index contributed by atoms with van der Waals surface area (Å²) in [7, 11) is 0. The predicted octanol–water partition coefficient (Wildman–Crippen LogP) is 5.00. The molecule has 0 spiro atoms. The van der Waals surface area contributed by atoms with Gasteiger partial charge in [-0.25, -0.2) is 0 Å². The highest BCUT2D eigenvalue weighted by atomic mass is 32.2. The lowest BCUT2D eigenvalue weighted by atomic mass is 10.1. The van der Waals surface area contributed by atoms with Gasteiger partial charge in [0.25, 0.3) is 5.69 Å². The summed E-state index contributed by atoms with van der Waals surface area (Å²) in [6.07, 6.45) is 6.60. The predicted molar refractivity (Wildman–Crippen MR) is 121 cm³/mol. The summed E-state index contributed by atoms with van der Waals surface area (Å²) < 4.78 is 2.05. The van der Waals surface area contributed by atoms with E-state index in [0.29, 0.717) is 17.1 Å². The monoisotopic (exact) mass is 440 g/mol. The first-order valence-electron chi connectivity index (χ1n) is 9.77. The van der Waals surface area contributed by atoms with E-state index in [0.717, 1.165) is 27.2 Å². The third-order valence-corrected chi connectivity index (χ3v) is 6.05. The molecule has 0 fully saturated rings. The van der Waals surface area contributed by atoms with Gasteiger partial charge in [-0.3, -0.25) is 24.6 Å². The van der Waals surface area contributed by atoms with Crippen molar-refractivity contribution in [3.05, 3.63) is 101 Å². The maximum Gasteiger partial charge on any atom is 0.278 e. The van der Waals surface area contributed by atoms with Crippen molar-refractivity contribution in [1.82, 2.24) is 24.7 Å². The fraction of sp³-hybridized carbons (Fsp3) is 0.0435. The number of non-ortho nitro benzene ring substituents is 1. The fourth-order valence-electron chi connectivity index (χ4n) is 3.48. The maximum absolute atomic E-state index is 11.4. The minimum Gasteiger partial charge on any atom is -0.297 e. The number of benzene rings is 2. The van der Waals surface area contributed by atoms with Gasteiger partial charge in [0.1, 0.15) is 0 Å². The van der Waals surface area contributed by atoms with Crippen LogP contribution in [0.15, 0.2) is 95.5 Å². The van der Waals surface area contributed by atoms with Crippen molar-refractivity contribution in [2.24, 2.45) is 0 Å². The SMILES string of the molecule is O=[N+]([O-])c1ccc(Sc2nnc(-c3ccncc3)n2Cc2ccccc2)c2ccncc12. The van der Waals surface area contributed by atoms with Crippen molar-refractivity contribution in [3.63, 3.8) is 0 Å². The number of nitro benzene ring substituents is 1. The van der Waals surface area contributed by atoms with Crippen molar-refractivity contribution < 1.29 is 4.92 Å². The highest BCUT2D eigenvalue weighted by Crippen LogP contribution is 2.37. The summed E-state index contributed by atoms with van der Waals surface area (Å²) in [5.41, 5.74) is 2.05. The normalized spacial score (nSPS) is 11.0. The molecule has 0 aliphatic rings. The number of nitrogens with zero attached hydrogens (tertiary/aromatic N) is 6. The van der Waals surface area contributed by atoms with Crippen molar-refractivity contribution in [2.45, 2.75) is 16.6 Å². The summed E-state index contributed by atoms with van der Waals surface area (Å²) in [4.78, 5) is 20.1. The Bertz CT molecular complexity index is 1410. The molecule has 9 heteroatoms. The van der Waals surface area contributed by atoms with Crippen LogP contribution in [0.3, 0.4) is 0 Å². The van der Waals surface area contributed by atoms with E-state index in [1.165, 1.54) is 24.0 Å². The molecule has 0 radical (unpaired) electrons. The minimum absolute atomic E-state index is 0.0284. The summed E-state index contributed by atoms with van der Waals surface area (Å²) in [5.74, 6) is 0.728.